The fourth-order valence-corrected chi connectivity index (χ4v) is 3.18. The number of fused-ring (bicyclic) bond motifs is 1. The molecule has 1 aromatic carbocycles. The maximum Gasteiger partial charge on any atom is 0.230 e. The van der Waals surface area contributed by atoms with Gasteiger partial charge in [0.1, 0.15) is 0 Å². The minimum Gasteiger partial charge on any atom is -0.385 e. The number of benzene rings is 1. The summed E-state index contributed by atoms with van der Waals surface area (Å²) in [6.07, 6.45) is 0.844. The van der Waals surface area contributed by atoms with Gasteiger partial charge in [-0.25, -0.2) is 4.98 Å². The Morgan fingerprint density at radius 2 is 2.35 bits per heavy atom. The van der Waals surface area contributed by atoms with Crippen LogP contribution in [0, 0.1) is 0 Å². The molecule has 0 spiro atoms. The van der Waals surface area contributed by atoms with Gasteiger partial charge in [-0.3, -0.25) is 4.79 Å². The molecule has 0 bridgehead atoms. The number of amides is 1. The van der Waals surface area contributed by atoms with Crippen LogP contribution in [0.25, 0.3) is 0 Å². The minimum atomic E-state index is -0.0453. The van der Waals surface area contributed by atoms with E-state index in [9.17, 15) is 4.79 Å². The molecule has 4 nitrogen and oxygen atoms in total. The SMILES string of the molecule is CN(Cc1cscn1)C(=O)C1CCNc2ccccc21. The molecule has 104 valence electrons. The van der Waals surface area contributed by atoms with Gasteiger partial charge in [-0.1, -0.05) is 18.2 Å². The Balaban J connectivity index is 1.77. The van der Waals surface area contributed by atoms with Gasteiger partial charge in [0, 0.05) is 24.7 Å². The summed E-state index contributed by atoms with van der Waals surface area (Å²) in [4.78, 5) is 18.7. The van der Waals surface area contributed by atoms with Crippen LogP contribution >= 0.6 is 11.3 Å². The summed E-state index contributed by atoms with van der Waals surface area (Å²) < 4.78 is 0. The molecular formula is C15H17N3OS. The van der Waals surface area contributed by atoms with Crippen LogP contribution in [0.5, 0.6) is 0 Å². The van der Waals surface area contributed by atoms with Crippen LogP contribution in [0.4, 0.5) is 5.69 Å². The topological polar surface area (TPSA) is 45.2 Å². The first-order valence-electron chi connectivity index (χ1n) is 6.70. The largest absolute Gasteiger partial charge is 0.385 e. The van der Waals surface area contributed by atoms with E-state index in [4.69, 9.17) is 0 Å². The lowest BCUT2D eigenvalue weighted by molar-refractivity contribution is -0.132. The maximum atomic E-state index is 12.7. The number of nitrogens with zero attached hydrogens (tertiary/aromatic N) is 2. The lowest BCUT2D eigenvalue weighted by atomic mass is 9.90. The van der Waals surface area contributed by atoms with E-state index < -0.39 is 0 Å². The van der Waals surface area contributed by atoms with Gasteiger partial charge in [-0.2, -0.15) is 0 Å². The van der Waals surface area contributed by atoms with E-state index in [1.165, 1.54) is 0 Å². The molecule has 1 N–H and O–H groups in total. The fourth-order valence-electron chi connectivity index (χ4n) is 2.63. The van der Waals surface area contributed by atoms with Gasteiger partial charge in [-0.15, -0.1) is 11.3 Å². The number of rotatable bonds is 3. The maximum absolute atomic E-state index is 12.7. The summed E-state index contributed by atoms with van der Waals surface area (Å²) in [6.45, 7) is 1.42. The monoisotopic (exact) mass is 287 g/mol. The Hall–Kier alpha value is -1.88. The molecule has 0 fully saturated rings. The highest BCUT2D eigenvalue weighted by atomic mass is 32.1. The number of likely N-dealkylation sites (N-methyl/N-ethyl adjacent to an activating group) is 1. The second kappa shape index (κ2) is 5.63. The van der Waals surface area contributed by atoms with Crippen molar-refractivity contribution in [3.8, 4) is 0 Å². The highest BCUT2D eigenvalue weighted by molar-refractivity contribution is 7.07. The van der Waals surface area contributed by atoms with Crippen LogP contribution in [0.3, 0.4) is 0 Å². The van der Waals surface area contributed by atoms with E-state index in [-0.39, 0.29) is 11.8 Å². The van der Waals surface area contributed by atoms with E-state index in [0.29, 0.717) is 6.54 Å². The molecular weight excluding hydrogens is 270 g/mol. The van der Waals surface area contributed by atoms with Gasteiger partial charge in [0.15, 0.2) is 0 Å². The Kier molecular flexibility index (Phi) is 3.69. The number of hydrogen-bond acceptors (Lipinski definition) is 4. The first kappa shape index (κ1) is 13.1. The summed E-state index contributed by atoms with van der Waals surface area (Å²) in [7, 11) is 1.85. The molecule has 1 unspecified atom stereocenters. The minimum absolute atomic E-state index is 0.0453. The number of aromatic nitrogens is 1. The van der Waals surface area contributed by atoms with Gasteiger partial charge in [-0.05, 0) is 18.1 Å². The Labute approximate surface area is 122 Å². The van der Waals surface area contributed by atoms with E-state index in [0.717, 1.165) is 29.9 Å². The standard InChI is InChI=1S/C15H17N3OS/c1-18(8-11-9-20-10-17-11)15(19)13-6-7-16-14-5-3-2-4-12(13)14/h2-5,9-10,13,16H,6-8H2,1H3. The van der Waals surface area contributed by atoms with E-state index in [1.54, 1.807) is 21.7 Å². The number of anilines is 1. The third kappa shape index (κ3) is 2.54. The molecule has 1 aliphatic heterocycles. The number of carbonyl (C=O) groups excluding carboxylic acids is 1. The van der Waals surface area contributed by atoms with Crippen molar-refractivity contribution in [3.63, 3.8) is 0 Å². The molecule has 1 aromatic heterocycles. The smallest absolute Gasteiger partial charge is 0.230 e. The molecule has 1 amide bonds. The zero-order chi connectivity index (χ0) is 13.9. The summed E-state index contributed by atoms with van der Waals surface area (Å²) in [5.41, 5.74) is 4.94. The van der Waals surface area contributed by atoms with Crippen LogP contribution in [0.2, 0.25) is 0 Å². The summed E-state index contributed by atoms with van der Waals surface area (Å²) >= 11 is 1.56. The predicted molar refractivity (Wildman–Crippen MR) is 80.9 cm³/mol. The van der Waals surface area contributed by atoms with Gasteiger partial charge in [0.05, 0.1) is 23.7 Å². The Morgan fingerprint density at radius 1 is 1.50 bits per heavy atom. The van der Waals surface area contributed by atoms with Gasteiger partial charge in [0.2, 0.25) is 5.91 Å². The van der Waals surface area contributed by atoms with Crippen molar-refractivity contribution in [2.24, 2.45) is 0 Å². The average molecular weight is 287 g/mol. The van der Waals surface area contributed by atoms with Crippen molar-refractivity contribution in [3.05, 3.63) is 46.4 Å². The molecule has 1 atom stereocenters. The quantitative estimate of drug-likeness (QED) is 0.944. The molecule has 20 heavy (non-hydrogen) atoms. The third-order valence-electron chi connectivity index (χ3n) is 3.64. The van der Waals surface area contributed by atoms with Crippen LogP contribution in [-0.2, 0) is 11.3 Å². The molecule has 5 heteroatoms. The van der Waals surface area contributed by atoms with Crippen molar-refractivity contribution in [2.45, 2.75) is 18.9 Å². The lowest BCUT2D eigenvalue weighted by Crippen LogP contribution is -2.34. The number of nitrogens with one attached hydrogen (secondary N) is 1. The lowest BCUT2D eigenvalue weighted by Gasteiger charge is -2.29. The van der Waals surface area contributed by atoms with Crippen molar-refractivity contribution < 1.29 is 4.79 Å². The summed E-state index contributed by atoms with van der Waals surface area (Å²) in [6, 6.07) is 8.07. The zero-order valence-electron chi connectivity index (χ0n) is 11.4. The molecule has 0 saturated carbocycles. The summed E-state index contributed by atoms with van der Waals surface area (Å²) in [5, 5.41) is 5.34. The van der Waals surface area contributed by atoms with Crippen molar-refractivity contribution >= 4 is 22.9 Å². The van der Waals surface area contributed by atoms with E-state index in [2.05, 4.69) is 10.3 Å². The van der Waals surface area contributed by atoms with Gasteiger partial charge < -0.3 is 10.2 Å². The van der Waals surface area contributed by atoms with Gasteiger partial charge >= 0.3 is 0 Å². The van der Waals surface area contributed by atoms with Crippen molar-refractivity contribution in [1.29, 1.82) is 0 Å². The van der Waals surface area contributed by atoms with Crippen molar-refractivity contribution in [2.75, 3.05) is 18.9 Å². The third-order valence-corrected chi connectivity index (χ3v) is 4.28. The fraction of sp³-hybridized carbons (Fsp3) is 0.333. The molecule has 3 rings (SSSR count). The molecule has 2 aromatic rings. The predicted octanol–water partition coefficient (Wildman–Crippen LogP) is 2.70. The molecule has 1 aliphatic rings. The number of para-hydroxylation sites is 1. The first-order valence-corrected chi connectivity index (χ1v) is 7.65. The molecule has 0 saturated heterocycles. The highest BCUT2D eigenvalue weighted by Crippen LogP contribution is 2.32. The highest BCUT2D eigenvalue weighted by Gasteiger charge is 2.28. The van der Waals surface area contributed by atoms with Crippen LogP contribution in [0.15, 0.2) is 35.2 Å². The molecule has 0 aliphatic carbocycles. The Morgan fingerprint density at radius 3 is 3.15 bits per heavy atom. The number of thiazole rings is 1. The number of hydrogen-bond donors (Lipinski definition) is 1. The second-order valence-electron chi connectivity index (χ2n) is 5.03. The van der Waals surface area contributed by atoms with E-state index >= 15 is 0 Å². The second-order valence-corrected chi connectivity index (χ2v) is 5.75. The number of carbonyl (C=O) groups is 1. The zero-order valence-corrected chi connectivity index (χ0v) is 12.2. The van der Waals surface area contributed by atoms with Crippen LogP contribution in [-0.4, -0.2) is 29.4 Å². The average Bonchev–Trinajstić information content (AvgIpc) is 2.99. The molecule has 0 radical (unpaired) electrons. The first-order chi connectivity index (χ1) is 9.75. The van der Waals surface area contributed by atoms with Gasteiger partial charge in [0.25, 0.3) is 0 Å². The van der Waals surface area contributed by atoms with E-state index in [1.807, 2.05) is 36.7 Å². The normalized spacial score (nSPS) is 17.1. The van der Waals surface area contributed by atoms with Crippen LogP contribution < -0.4 is 5.32 Å². The van der Waals surface area contributed by atoms with Crippen molar-refractivity contribution in [1.82, 2.24) is 9.88 Å². The Bertz CT molecular complexity index is 597. The summed E-state index contributed by atoms with van der Waals surface area (Å²) in [5.74, 6) is 0.128. The molecule has 2 heterocycles. The van der Waals surface area contributed by atoms with Crippen LogP contribution in [0.1, 0.15) is 23.6 Å².